The van der Waals surface area contributed by atoms with Crippen molar-refractivity contribution in [3.63, 3.8) is 0 Å². The Hall–Kier alpha value is -4.31. The van der Waals surface area contributed by atoms with Crippen LogP contribution in [0, 0.1) is 6.92 Å². The molecule has 10 heteroatoms. The summed E-state index contributed by atoms with van der Waals surface area (Å²) in [4.78, 5) is 16.3. The van der Waals surface area contributed by atoms with Crippen LogP contribution in [0.15, 0.2) is 54.9 Å². The van der Waals surface area contributed by atoms with Crippen LogP contribution in [0.25, 0.3) is 22.1 Å². The van der Waals surface area contributed by atoms with Gasteiger partial charge in [0, 0.05) is 44.0 Å². The highest BCUT2D eigenvalue weighted by atomic mass is 16.5. The van der Waals surface area contributed by atoms with Crippen LogP contribution < -0.4 is 20.3 Å². The van der Waals surface area contributed by atoms with E-state index in [1.54, 1.807) is 11.0 Å². The number of nitrogens with one attached hydrogen (secondary N) is 2. The highest BCUT2D eigenvalue weighted by Gasteiger charge is 2.42. The third kappa shape index (κ3) is 3.49. The molecule has 36 heavy (non-hydrogen) atoms. The molecule has 5 heterocycles. The fourth-order valence-electron chi connectivity index (χ4n) is 5.21. The second kappa shape index (κ2) is 8.13. The molecule has 10 nitrogen and oxygen atoms in total. The van der Waals surface area contributed by atoms with Gasteiger partial charge in [-0.1, -0.05) is 5.21 Å². The molecule has 180 valence electrons. The average Bonchev–Trinajstić information content (AvgIpc) is 3.26. The second-order valence-corrected chi connectivity index (χ2v) is 9.44. The van der Waals surface area contributed by atoms with E-state index in [4.69, 9.17) is 9.72 Å². The lowest BCUT2D eigenvalue weighted by atomic mass is 9.89. The van der Waals surface area contributed by atoms with Crippen LogP contribution in [0.3, 0.4) is 0 Å². The number of hydrogen-bond donors (Lipinski definition) is 2. The summed E-state index contributed by atoms with van der Waals surface area (Å²) in [6.45, 7) is 4.03. The summed E-state index contributed by atoms with van der Waals surface area (Å²) in [5.74, 6) is 3.17. The van der Waals surface area contributed by atoms with Crippen LogP contribution in [-0.2, 0) is 7.05 Å². The number of piperazine rings is 1. The molecule has 2 atom stereocenters. The number of anilines is 3. The number of pyridine rings is 1. The monoisotopic (exact) mass is 479 g/mol. The van der Waals surface area contributed by atoms with E-state index in [0.29, 0.717) is 17.9 Å². The summed E-state index contributed by atoms with van der Waals surface area (Å²) in [5, 5.41) is 15.1. The molecule has 2 aliphatic rings. The molecular weight excluding hydrogens is 454 g/mol. The van der Waals surface area contributed by atoms with E-state index in [9.17, 15) is 0 Å². The molecule has 2 aromatic carbocycles. The first-order valence-electron chi connectivity index (χ1n) is 12.1. The minimum Gasteiger partial charge on any atom is -0.457 e. The van der Waals surface area contributed by atoms with Crippen molar-refractivity contribution in [3.8, 4) is 11.5 Å². The summed E-state index contributed by atoms with van der Waals surface area (Å²) in [6, 6.07) is 16.9. The molecule has 0 aliphatic carbocycles. The van der Waals surface area contributed by atoms with Gasteiger partial charge in [0.1, 0.15) is 34.7 Å². The van der Waals surface area contributed by atoms with Crippen molar-refractivity contribution in [2.75, 3.05) is 23.3 Å². The second-order valence-electron chi connectivity index (χ2n) is 9.44. The van der Waals surface area contributed by atoms with Crippen molar-refractivity contribution in [2.24, 2.45) is 7.05 Å². The molecule has 2 aliphatic heterocycles. The maximum absolute atomic E-state index is 6.15. The van der Waals surface area contributed by atoms with Gasteiger partial charge in [-0.15, -0.1) is 5.10 Å². The van der Waals surface area contributed by atoms with E-state index in [2.05, 4.69) is 41.9 Å². The third-order valence-electron chi connectivity index (χ3n) is 7.07. The Bertz CT molecular complexity index is 1600. The predicted octanol–water partition coefficient (Wildman–Crippen LogP) is 3.70. The lowest BCUT2D eigenvalue weighted by molar-refractivity contribution is 0.261. The molecule has 2 fully saturated rings. The largest absolute Gasteiger partial charge is 0.457 e. The predicted molar refractivity (Wildman–Crippen MR) is 138 cm³/mol. The first kappa shape index (κ1) is 21.0. The van der Waals surface area contributed by atoms with Crippen molar-refractivity contribution in [1.29, 1.82) is 0 Å². The number of rotatable bonds is 5. The summed E-state index contributed by atoms with van der Waals surface area (Å²) < 4.78 is 7.89. The van der Waals surface area contributed by atoms with Gasteiger partial charge in [0.25, 0.3) is 0 Å². The third-order valence-corrected chi connectivity index (χ3v) is 7.07. The SMILES string of the molecule is Cc1cc(Nc2ncnc3ccc(N4C5CNCC4C5)nc23)ccc1Oc1ccc2c(c1)nnn2C. The Balaban J connectivity index is 1.15. The van der Waals surface area contributed by atoms with Crippen LogP contribution in [0.2, 0.25) is 0 Å². The molecule has 7 rings (SSSR count). The highest BCUT2D eigenvalue weighted by Crippen LogP contribution is 2.35. The number of piperidine rings is 1. The van der Waals surface area contributed by atoms with Crippen LogP contribution in [0.4, 0.5) is 17.3 Å². The quantitative estimate of drug-likeness (QED) is 0.390. The van der Waals surface area contributed by atoms with Crippen molar-refractivity contribution >= 4 is 39.4 Å². The Morgan fingerprint density at radius 1 is 1.00 bits per heavy atom. The highest BCUT2D eigenvalue weighted by molar-refractivity contribution is 5.88. The molecule has 2 bridgehead atoms. The Morgan fingerprint density at radius 2 is 1.89 bits per heavy atom. The Kier molecular flexibility index (Phi) is 4.74. The molecule has 2 N–H and O–H groups in total. The van der Waals surface area contributed by atoms with E-state index < -0.39 is 0 Å². The minimum atomic E-state index is 0.514. The number of nitrogens with zero attached hydrogens (tertiary/aromatic N) is 7. The van der Waals surface area contributed by atoms with Crippen molar-refractivity contribution in [3.05, 3.63) is 60.4 Å². The van der Waals surface area contributed by atoms with Gasteiger partial charge in [0.2, 0.25) is 0 Å². The molecule has 0 saturated carbocycles. The number of aryl methyl sites for hydroxylation is 2. The normalized spacial score (nSPS) is 18.9. The lowest BCUT2D eigenvalue weighted by Crippen LogP contribution is -2.68. The topological polar surface area (TPSA) is 106 Å². The van der Waals surface area contributed by atoms with E-state index in [1.807, 2.05) is 56.4 Å². The maximum atomic E-state index is 6.15. The minimum absolute atomic E-state index is 0.514. The van der Waals surface area contributed by atoms with Gasteiger partial charge < -0.3 is 20.3 Å². The van der Waals surface area contributed by atoms with Crippen molar-refractivity contribution in [2.45, 2.75) is 25.4 Å². The van der Waals surface area contributed by atoms with E-state index in [1.165, 1.54) is 6.42 Å². The van der Waals surface area contributed by atoms with Gasteiger partial charge in [-0.25, -0.2) is 19.6 Å². The number of ether oxygens (including phenoxy) is 1. The Morgan fingerprint density at radius 3 is 2.72 bits per heavy atom. The molecule has 0 radical (unpaired) electrons. The van der Waals surface area contributed by atoms with Gasteiger partial charge in [-0.3, -0.25) is 0 Å². The molecule has 2 saturated heterocycles. The van der Waals surface area contributed by atoms with Crippen LogP contribution in [-0.4, -0.2) is 55.1 Å². The summed E-state index contributed by atoms with van der Waals surface area (Å²) >= 11 is 0. The number of hydrogen-bond acceptors (Lipinski definition) is 9. The molecule has 3 aromatic heterocycles. The molecular formula is C26H25N9O. The summed E-state index contributed by atoms with van der Waals surface area (Å²) in [5.41, 5.74) is 5.24. The van der Waals surface area contributed by atoms with E-state index in [-0.39, 0.29) is 0 Å². The van der Waals surface area contributed by atoms with Crippen molar-refractivity contribution in [1.82, 2.24) is 35.3 Å². The number of fused-ring (bicyclic) bond motifs is 4. The fourth-order valence-corrected chi connectivity index (χ4v) is 5.21. The van der Waals surface area contributed by atoms with Gasteiger partial charge in [0.05, 0.1) is 11.0 Å². The number of benzene rings is 2. The van der Waals surface area contributed by atoms with Gasteiger partial charge in [-0.2, -0.15) is 0 Å². The zero-order valence-electron chi connectivity index (χ0n) is 20.0. The zero-order valence-corrected chi connectivity index (χ0v) is 20.0. The van der Waals surface area contributed by atoms with Crippen LogP contribution >= 0.6 is 0 Å². The van der Waals surface area contributed by atoms with Crippen LogP contribution in [0.5, 0.6) is 11.5 Å². The van der Waals surface area contributed by atoms with Crippen molar-refractivity contribution < 1.29 is 4.74 Å². The molecule has 5 aromatic rings. The average molecular weight is 480 g/mol. The van der Waals surface area contributed by atoms with Gasteiger partial charge >= 0.3 is 0 Å². The van der Waals surface area contributed by atoms with Gasteiger partial charge in [0.15, 0.2) is 5.82 Å². The zero-order chi connectivity index (χ0) is 24.2. The molecule has 2 unspecified atom stereocenters. The first-order chi connectivity index (χ1) is 17.6. The number of aromatic nitrogens is 6. The summed E-state index contributed by atoms with van der Waals surface area (Å²) in [6.07, 6.45) is 2.80. The maximum Gasteiger partial charge on any atom is 0.160 e. The molecule has 0 amide bonds. The fraction of sp³-hybridized carbons (Fsp3) is 0.269. The lowest BCUT2D eigenvalue weighted by Gasteiger charge is -2.53. The molecule has 0 spiro atoms. The smallest absolute Gasteiger partial charge is 0.160 e. The Labute approximate surface area is 207 Å². The van der Waals surface area contributed by atoms with E-state index in [0.717, 1.165) is 63.7 Å². The van der Waals surface area contributed by atoms with Crippen LogP contribution in [0.1, 0.15) is 12.0 Å². The first-order valence-corrected chi connectivity index (χ1v) is 12.1. The standard InChI is InChI=1S/C26H25N9O/c1-15-9-16(3-7-23(15)36-19-4-6-22-21(11-19)32-33-34(22)2)30-26-25-20(28-14-29-26)5-8-24(31-25)35-17-10-18(35)13-27-12-17/h3-9,11,14,17-18,27H,10,12-13H2,1-2H3,(H,28,29,30). The summed E-state index contributed by atoms with van der Waals surface area (Å²) in [7, 11) is 1.87. The van der Waals surface area contributed by atoms with E-state index >= 15 is 0 Å². The van der Waals surface area contributed by atoms with Gasteiger partial charge in [-0.05, 0) is 61.4 Å².